The molecule has 7 heteroatoms. The highest BCUT2D eigenvalue weighted by Crippen LogP contribution is 2.29. The number of aromatic amines is 1. The van der Waals surface area contributed by atoms with Crippen molar-refractivity contribution in [2.75, 3.05) is 32.5 Å². The minimum Gasteiger partial charge on any atom is -0.361 e. The van der Waals surface area contributed by atoms with Crippen molar-refractivity contribution in [3.05, 3.63) is 102 Å². The molecule has 7 nitrogen and oxygen atoms in total. The molecule has 1 aromatic heterocycles. The topological polar surface area (TPSA) is 80.5 Å². The number of carbonyl (C=O) groups is 2. The fraction of sp³-hybridized carbons (Fsp3) is 0.353. The van der Waals surface area contributed by atoms with Gasteiger partial charge in [0.25, 0.3) is 0 Å². The van der Waals surface area contributed by atoms with Crippen LogP contribution in [0.15, 0.2) is 85.1 Å². The van der Waals surface area contributed by atoms with E-state index in [0.717, 1.165) is 53.5 Å². The van der Waals surface area contributed by atoms with Crippen LogP contribution in [0.3, 0.4) is 0 Å². The molecule has 3 amide bonds. The van der Waals surface area contributed by atoms with Crippen LogP contribution < -0.4 is 10.6 Å². The number of piperidine rings is 1. The first-order valence-corrected chi connectivity index (χ1v) is 14.6. The molecular formula is C34H41N5O2. The molecular weight excluding hydrogens is 510 g/mol. The van der Waals surface area contributed by atoms with Crippen LogP contribution >= 0.6 is 0 Å². The van der Waals surface area contributed by atoms with Crippen molar-refractivity contribution in [3.8, 4) is 0 Å². The zero-order valence-electron chi connectivity index (χ0n) is 24.3. The molecule has 1 aliphatic heterocycles. The lowest BCUT2D eigenvalue weighted by molar-refractivity contribution is -0.118. The Morgan fingerprint density at radius 3 is 2.41 bits per heavy atom. The fourth-order valence-corrected chi connectivity index (χ4v) is 5.91. The molecule has 2 heterocycles. The molecule has 4 aromatic rings. The van der Waals surface area contributed by atoms with Gasteiger partial charge < -0.3 is 25.4 Å². The first-order valence-electron chi connectivity index (χ1n) is 14.6. The Kier molecular flexibility index (Phi) is 9.04. The number of likely N-dealkylation sites (tertiary alicyclic amines) is 1. The maximum absolute atomic E-state index is 13.8. The van der Waals surface area contributed by atoms with Gasteiger partial charge >= 0.3 is 6.03 Å². The maximum Gasteiger partial charge on any atom is 0.318 e. The van der Waals surface area contributed by atoms with Crippen LogP contribution in [0.1, 0.15) is 42.4 Å². The highest BCUT2D eigenvalue weighted by molar-refractivity contribution is 5.98. The third-order valence-electron chi connectivity index (χ3n) is 8.14. The summed E-state index contributed by atoms with van der Waals surface area (Å²) in [5.41, 5.74) is 5.19. The second-order valence-corrected chi connectivity index (χ2v) is 11.6. The molecule has 2 unspecified atom stereocenters. The van der Waals surface area contributed by atoms with Gasteiger partial charge in [0.2, 0.25) is 5.91 Å². The van der Waals surface area contributed by atoms with E-state index in [-0.39, 0.29) is 17.9 Å². The minimum atomic E-state index is -0.749. The van der Waals surface area contributed by atoms with Gasteiger partial charge in [0.05, 0.1) is 0 Å². The van der Waals surface area contributed by atoms with E-state index in [0.29, 0.717) is 19.0 Å². The van der Waals surface area contributed by atoms with E-state index < -0.39 is 6.04 Å². The Bertz CT molecular complexity index is 1460. The predicted octanol–water partition coefficient (Wildman–Crippen LogP) is 6.00. The van der Waals surface area contributed by atoms with E-state index >= 15 is 0 Å². The Balaban J connectivity index is 1.31. The Morgan fingerprint density at radius 2 is 1.66 bits per heavy atom. The van der Waals surface area contributed by atoms with E-state index in [1.54, 1.807) is 0 Å². The molecule has 3 N–H and O–H groups in total. The van der Waals surface area contributed by atoms with Gasteiger partial charge in [0, 0.05) is 48.3 Å². The number of fused-ring (bicyclic) bond motifs is 1. The molecule has 5 rings (SSSR count). The van der Waals surface area contributed by atoms with Crippen LogP contribution in [0, 0.1) is 5.92 Å². The molecule has 0 radical (unpaired) electrons. The summed E-state index contributed by atoms with van der Waals surface area (Å²) < 4.78 is 0. The number of carbonyl (C=O) groups excluding carboxylic acids is 2. The lowest BCUT2D eigenvalue weighted by Gasteiger charge is -2.34. The number of para-hydroxylation sites is 1. The molecule has 214 valence electrons. The Hall–Kier alpha value is -4.10. The lowest BCUT2D eigenvalue weighted by atomic mass is 9.90. The zero-order chi connectivity index (χ0) is 28.8. The quantitative estimate of drug-likeness (QED) is 0.239. The lowest BCUT2D eigenvalue weighted by Crippen LogP contribution is -2.53. The number of aromatic nitrogens is 1. The van der Waals surface area contributed by atoms with Gasteiger partial charge in [-0.25, -0.2) is 4.79 Å². The average molecular weight is 552 g/mol. The van der Waals surface area contributed by atoms with Crippen LogP contribution in [-0.2, 0) is 17.8 Å². The highest BCUT2D eigenvalue weighted by atomic mass is 16.2. The van der Waals surface area contributed by atoms with Gasteiger partial charge in [-0.1, -0.05) is 67.6 Å². The van der Waals surface area contributed by atoms with Crippen molar-refractivity contribution < 1.29 is 9.59 Å². The van der Waals surface area contributed by atoms with Crippen molar-refractivity contribution in [1.29, 1.82) is 0 Å². The van der Waals surface area contributed by atoms with Crippen LogP contribution in [-0.4, -0.2) is 59.9 Å². The summed E-state index contributed by atoms with van der Waals surface area (Å²) in [6.07, 6.45) is 4.89. The summed E-state index contributed by atoms with van der Waals surface area (Å²) in [6, 6.07) is 25.5. The third kappa shape index (κ3) is 7.16. The molecule has 0 saturated carbocycles. The summed E-state index contributed by atoms with van der Waals surface area (Å²) in [5, 5.41) is 7.27. The molecule has 2 atom stereocenters. The van der Waals surface area contributed by atoms with Crippen molar-refractivity contribution in [2.45, 2.75) is 44.7 Å². The van der Waals surface area contributed by atoms with Crippen molar-refractivity contribution in [1.82, 2.24) is 20.1 Å². The number of hydrogen-bond donors (Lipinski definition) is 3. The molecule has 3 aromatic carbocycles. The standard InChI is InChI=1S/C34H41N5O2/c1-24(30-22-35-31-15-8-7-14-29(30)31)32(33(40)36-28-13-9-12-27(21-28)23-38(2)3)37-34(41)39-18-16-26(17-19-39)20-25-10-5-4-6-11-25/h4-15,21-22,24,26,32,35H,16-20,23H2,1-3H3,(H,36,40)(H,37,41). The second kappa shape index (κ2) is 13.0. The van der Waals surface area contributed by atoms with E-state index in [1.807, 2.05) is 80.6 Å². The van der Waals surface area contributed by atoms with Gasteiger partial charge in [-0.2, -0.15) is 0 Å². The maximum atomic E-state index is 13.8. The predicted molar refractivity (Wildman–Crippen MR) is 166 cm³/mol. The molecule has 1 fully saturated rings. The van der Waals surface area contributed by atoms with Gasteiger partial charge in [-0.15, -0.1) is 0 Å². The summed E-state index contributed by atoms with van der Waals surface area (Å²) in [6.45, 7) is 4.15. The van der Waals surface area contributed by atoms with Crippen LogP contribution in [0.2, 0.25) is 0 Å². The first-order chi connectivity index (χ1) is 19.9. The number of nitrogens with zero attached hydrogens (tertiary/aromatic N) is 2. The van der Waals surface area contributed by atoms with Crippen molar-refractivity contribution >= 4 is 28.5 Å². The molecule has 0 spiro atoms. The van der Waals surface area contributed by atoms with E-state index in [4.69, 9.17) is 0 Å². The number of nitrogens with one attached hydrogen (secondary N) is 3. The number of benzene rings is 3. The van der Waals surface area contributed by atoms with Crippen molar-refractivity contribution in [3.63, 3.8) is 0 Å². The largest absolute Gasteiger partial charge is 0.361 e. The normalized spacial score (nSPS) is 15.6. The fourth-order valence-electron chi connectivity index (χ4n) is 5.91. The second-order valence-electron chi connectivity index (χ2n) is 11.6. The summed E-state index contributed by atoms with van der Waals surface area (Å²) >= 11 is 0. The monoisotopic (exact) mass is 551 g/mol. The van der Waals surface area contributed by atoms with Crippen molar-refractivity contribution in [2.24, 2.45) is 5.92 Å². The van der Waals surface area contributed by atoms with Gasteiger partial charge in [0.1, 0.15) is 6.04 Å². The minimum absolute atomic E-state index is 0.184. The molecule has 1 aliphatic rings. The molecule has 1 saturated heterocycles. The number of anilines is 1. The SMILES string of the molecule is CC(c1c[nH]c2ccccc12)C(NC(=O)N1CCC(Cc2ccccc2)CC1)C(=O)Nc1cccc(CN(C)C)c1. The molecule has 0 bridgehead atoms. The summed E-state index contributed by atoms with van der Waals surface area (Å²) in [5.74, 6) is 0.0768. The zero-order valence-corrected chi connectivity index (χ0v) is 24.3. The smallest absolute Gasteiger partial charge is 0.318 e. The van der Waals surface area contributed by atoms with E-state index in [9.17, 15) is 9.59 Å². The Labute approximate surface area is 242 Å². The Morgan fingerprint density at radius 1 is 0.951 bits per heavy atom. The number of hydrogen-bond acceptors (Lipinski definition) is 3. The average Bonchev–Trinajstić information content (AvgIpc) is 3.40. The van der Waals surface area contributed by atoms with Gasteiger partial charge in [0.15, 0.2) is 0 Å². The van der Waals surface area contributed by atoms with Crippen LogP contribution in [0.5, 0.6) is 0 Å². The highest BCUT2D eigenvalue weighted by Gasteiger charge is 2.32. The number of amides is 3. The van der Waals surface area contributed by atoms with E-state index in [1.165, 1.54) is 5.56 Å². The van der Waals surface area contributed by atoms with Crippen LogP contribution in [0.25, 0.3) is 10.9 Å². The molecule has 0 aliphatic carbocycles. The number of H-pyrrole nitrogens is 1. The van der Waals surface area contributed by atoms with Gasteiger partial charge in [-0.3, -0.25) is 4.79 Å². The van der Waals surface area contributed by atoms with Crippen LogP contribution in [0.4, 0.5) is 10.5 Å². The third-order valence-corrected chi connectivity index (χ3v) is 8.14. The molecule has 41 heavy (non-hydrogen) atoms. The first kappa shape index (κ1) is 28.4. The summed E-state index contributed by atoms with van der Waals surface area (Å²) in [4.78, 5) is 34.7. The van der Waals surface area contributed by atoms with Gasteiger partial charge in [-0.05, 0) is 74.2 Å². The van der Waals surface area contributed by atoms with E-state index in [2.05, 4.69) is 50.8 Å². The number of rotatable bonds is 9. The summed E-state index contributed by atoms with van der Waals surface area (Å²) in [7, 11) is 4.04. The number of urea groups is 1.